The highest BCUT2D eigenvalue weighted by Crippen LogP contribution is 2.20. The quantitative estimate of drug-likeness (QED) is 0.631. The second kappa shape index (κ2) is 8.61. The molecule has 2 aromatic carbocycles. The summed E-state index contributed by atoms with van der Waals surface area (Å²) in [4.78, 5) is 24.8. The van der Waals surface area contributed by atoms with Crippen molar-refractivity contribution in [2.24, 2.45) is 0 Å². The van der Waals surface area contributed by atoms with E-state index < -0.39 is 5.91 Å². The molecule has 126 valence electrons. The van der Waals surface area contributed by atoms with Crippen molar-refractivity contribution in [3.63, 3.8) is 0 Å². The van der Waals surface area contributed by atoms with Gasteiger partial charge in [-0.3, -0.25) is 20.4 Å². The number of amides is 2. The molecule has 5 nitrogen and oxygen atoms in total. The van der Waals surface area contributed by atoms with Crippen molar-refractivity contribution in [2.75, 3.05) is 12.9 Å². The number of aryl methyl sites for hydroxylation is 1. The van der Waals surface area contributed by atoms with Crippen LogP contribution in [0.4, 0.5) is 0 Å². The average Bonchev–Trinajstić information content (AvgIpc) is 2.59. The fourth-order valence-corrected chi connectivity index (χ4v) is 2.70. The zero-order chi connectivity index (χ0) is 17.5. The number of thioether (sulfide) groups is 1. The van der Waals surface area contributed by atoms with Crippen LogP contribution < -0.4 is 15.6 Å². The Labute approximate surface area is 149 Å². The highest BCUT2D eigenvalue weighted by atomic mass is 35.5. The molecule has 0 aliphatic rings. The normalized spacial score (nSPS) is 10.1. The van der Waals surface area contributed by atoms with Gasteiger partial charge < -0.3 is 4.74 Å². The summed E-state index contributed by atoms with van der Waals surface area (Å²) >= 11 is 7.15. The molecule has 0 bridgehead atoms. The summed E-state index contributed by atoms with van der Waals surface area (Å²) in [5.41, 5.74) is 6.11. The lowest BCUT2D eigenvalue weighted by Gasteiger charge is -2.09. The molecule has 0 radical (unpaired) electrons. The summed E-state index contributed by atoms with van der Waals surface area (Å²) in [6, 6.07) is 12.3. The maximum Gasteiger partial charge on any atom is 0.269 e. The molecule has 0 aliphatic carbocycles. The van der Waals surface area contributed by atoms with Crippen LogP contribution in [-0.4, -0.2) is 24.7 Å². The van der Waals surface area contributed by atoms with Crippen LogP contribution in [0.15, 0.2) is 47.4 Å². The van der Waals surface area contributed by atoms with E-state index in [0.717, 1.165) is 10.5 Å². The number of hydrogen-bond acceptors (Lipinski definition) is 4. The highest BCUT2D eigenvalue weighted by molar-refractivity contribution is 8.00. The van der Waals surface area contributed by atoms with Crippen molar-refractivity contribution < 1.29 is 14.3 Å². The van der Waals surface area contributed by atoms with Gasteiger partial charge in [-0.15, -0.1) is 11.8 Å². The first-order valence-electron chi connectivity index (χ1n) is 7.12. The van der Waals surface area contributed by atoms with Crippen LogP contribution in [0, 0.1) is 6.92 Å². The van der Waals surface area contributed by atoms with Gasteiger partial charge in [-0.25, -0.2) is 0 Å². The molecule has 24 heavy (non-hydrogen) atoms. The highest BCUT2D eigenvalue weighted by Gasteiger charge is 2.10. The maximum absolute atomic E-state index is 12.0. The van der Waals surface area contributed by atoms with E-state index in [-0.39, 0.29) is 11.7 Å². The second-order valence-corrected chi connectivity index (χ2v) is 6.41. The SMILES string of the molecule is COc1cc(C(=O)NNC(=O)CSc2ccc(Cl)cc2)ccc1C. The van der Waals surface area contributed by atoms with E-state index in [2.05, 4.69) is 10.9 Å². The lowest BCUT2D eigenvalue weighted by molar-refractivity contribution is -0.119. The predicted molar refractivity (Wildman–Crippen MR) is 95.5 cm³/mol. The summed E-state index contributed by atoms with van der Waals surface area (Å²) in [6.07, 6.45) is 0. The van der Waals surface area contributed by atoms with Gasteiger partial charge in [-0.05, 0) is 48.9 Å². The standard InChI is InChI=1S/C17H17ClN2O3S/c1-11-3-4-12(9-15(11)23-2)17(22)20-19-16(21)10-24-14-7-5-13(18)6-8-14/h3-9H,10H2,1-2H3,(H,19,21)(H,20,22). The first kappa shape index (κ1) is 18.2. The summed E-state index contributed by atoms with van der Waals surface area (Å²) in [5, 5.41) is 0.643. The van der Waals surface area contributed by atoms with Gasteiger partial charge in [0.05, 0.1) is 12.9 Å². The minimum absolute atomic E-state index is 0.180. The van der Waals surface area contributed by atoms with Crippen molar-refractivity contribution in [3.05, 3.63) is 58.6 Å². The molecular weight excluding hydrogens is 348 g/mol. The fourth-order valence-electron chi connectivity index (χ4n) is 1.88. The zero-order valence-corrected chi connectivity index (χ0v) is 14.8. The monoisotopic (exact) mass is 364 g/mol. The molecule has 0 spiro atoms. The number of rotatable bonds is 5. The Kier molecular flexibility index (Phi) is 6.52. The molecule has 7 heteroatoms. The maximum atomic E-state index is 12.0. The Morgan fingerprint density at radius 2 is 1.83 bits per heavy atom. The predicted octanol–water partition coefficient (Wildman–Crippen LogP) is 3.21. The summed E-state index contributed by atoms with van der Waals surface area (Å²) < 4.78 is 5.18. The third-order valence-corrected chi connectivity index (χ3v) is 4.43. The number of carbonyl (C=O) groups excluding carboxylic acids is 2. The molecule has 2 amide bonds. The number of halogens is 1. The topological polar surface area (TPSA) is 67.4 Å². The van der Waals surface area contributed by atoms with Crippen LogP contribution in [0.2, 0.25) is 5.02 Å². The molecule has 0 aromatic heterocycles. The van der Waals surface area contributed by atoms with Gasteiger partial charge in [0.1, 0.15) is 5.75 Å². The Balaban J connectivity index is 1.82. The smallest absolute Gasteiger partial charge is 0.269 e. The number of ether oxygens (including phenoxy) is 1. The van der Waals surface area contributed by atoms with E-state index in [1.165, 1.54) is 11.8 Å². The van der Waals surface area contributed by atoms with E-state index in [0.29, 0.717) is 16.3 Å². The van der Waals surface area contributed by atoms with E-state index >= 15 is 0 Å². The Morgan fingerprint density at radius 3 is 2.50 bits per heavy atom. The minimum Gasteiger partial charge on any atom is -0.496 e. The summed E-state index contributed by atoms with van der Waals surface area (Å²) in [7, 11) is 1.54. The summed E-state index contributed by atoms with van der Waals surface area (Å²) in [6.45, 7) is 1.89. The fraction of sp³-hybridized carbons (Fsp3) is 0.176. The van der Waals surface area contributed by atoms with Crippen LogP contribution in [-0.2, 0) is 4.79 Å². The summed E-state index contributed by atoms with van der Waals surface area (Å²) in [5.74, 6) is 0.0897. The molecule has 0 unspecified atom stereocenters. The number of benzene rings is 2. The van der Waals surface area contributed by atoms with Crippen molar-refractivity contribution in [1.82, 2.24) is 10.9 Å². The number of hydrazine groups is 1. The van der Waals surface area contributed by atoms with E-state index in [9.17, 15) is 9.59 Å². The molecule has 0 atom stereocenters. The van der Waals surface area contributed by atoms with Crippen LogP contribution >= 0.6 is 23.4 Å². The Morgan fingerprint density at radius 1 is 1.12 bits per heavy atom. The third-order valence-electron chi connectivity index (χ3n) is 3.17. The average molecular weight is 365 g/mol. The molecule has 0 aliphatic heterocycles. The molecule has 2 N–H and O–H groups in total. The minimum atomic E-state index is -0.404. The Bertz CT molecular complexity index is 735. The van der Waals surface area contributed by atoms with E-state index in [1.807, 2.05) is 19.1 Å². The molecule has 0 saturated heterocycles. The van der Waals surface area contributed by atoms with Gasteiger partial charge in [-0.1, -0.05) is 17.7 Å². The van der Waals surface area contributed by atoms with Crippen LogP contribution in [0.3, 0.4) is 0 Å². The van der Waals surface area contributed by atoms with E-state index in [4.69, 9.17) is 16.3 Å². The van der Waals surface area contributed by atoms with Gasteiger partial charge in [0.2, 0.25) is 5.91 Å². The van der Waals surface area contributed by atoms with E-state index in [1.54, 1.807) is 37.4 Å². The van der Waals surface area contributed by atoms with Gasteiger partial charge >= 0.3 is 0 Å². The van der Waals surface area contributed by atoms with Gasteiger partial charge in [0.25, 0.3) is 5.91 Å². The van der Waals surface area contributed by atoms with Gasteiger partial charge in [-0.2, -0.15) is 0 Å². The number of methoxy groups -OCH3 is 1. The first-order chi connectivity index (χ1) is 11.5. The van der Waals surface area contributed by atoms with Crippen LogP contribution in [0.5, 0.6) is 5.75 Å². The lowest BCUT2D eigenvalue weighted by atomic mass is 10.1. The van der Waals surface area contributed by atoms with Crippen LogP contribution in [0.25, 0.3) is 0 Å². The molecular formula is C17H17ClN2O3S. The van der Waals surface area contributed by atoms with Crippen molar-refractivity contribution >= 4 is 35.2 Å². The van der Waals surface area contributed by atoms with Gasteiger partial charge in [0, 0.05) is 15.5 Å². The Hall–Kier alpha value is -2.18. The second-order valence-electron chi connectivity index (χ2n) is 4.93. The number of hydrogen-bond donors (Lipinski definition) is 2. The number of carbonyl (C=O) groups is 2. The number of nitrogens with one attached hydrogen (secondary N) is 2. The third kappa shape index (κ3) is 5.18. The molecule has 2 rings (SSSR count). The molecule has 0 heterocycles. The van der Waals surface area contributed by atoms with Crippen molar-refractivity contribution in [3.8, 4) is 5.75 Å². The molecule has 0 fully saturated rings. The van der Waals surface area contributed by atoms with Crippen LogP contribution in [0.1, 0.15) is 15.9 Å². The zero-order valence-electron chi connectivity index (χ0n) is 13.3. The largest absolute Gasteiger partial charge is 0.496 e. The van der Waals surface area contributed by atoms with Crippen molar-refractivity contribution in [1.29, 1.82) is 0 Å². The first-order valence-corrected chi connectivity index (χ1v) is 8.48. The molecule has 2 aromatic rings. The van der Waals surface area contributed by atoms with Gasteiger partial charge in [0.15, 0.2) is 0 Å². The molecule has 0 saturated carbocycles. The lowest BCUT2D eigenvalue weighted by Crippen LogP contribution is -2.42. The van der Waals surface area contributed by atoms with Crippen molar-refractivity contribution in [2.45, 2.75) is 11.8 Å².